The van der Waals surface area contributed by atoms with Crippen LogP contribution in [0.25, 0.3) is 0 Å². The molecular weight excluding hydrogens is 290 g/mol. The minimum Gasteiger partial charge on any atom is -0.310 e. The molecule has 0 aliphatic heterocycles. The van der Waals surface area contributed by atoms with E-state index in [1.54, 1.807) is 11.3 Å². The van der Waals surface area contributed by atoms with Gasteiger partial charge in [-0.1, -0.05) is 18.5 Å². The van der Waals surface area contributed by atoms with Gasteiger partial charge in [0.05, 0.1) is 16.4 Å². The summed E-state index contributed by atoms with van der Waals surface area (Å²) in [5, 5.41) is 13.3. The van der Waals surface area contributed by atoms with Crippen LogP contribution in [0.4, 0.5) is 0 Å². The van der Waals surface area contributed by atoms with Gasteiger partial charge < -0.3 is 5.32 Å². The molecule has 0 saturated carbocycles. The monoisotopic (exact) mass is 311 g/mol. The largest absolute Gasteiger partial charge is 0.310 e. The smallest absolute Gasteiger partial charge is 0.0847 e. The Morgan fingerprint density at radius 2 is 2.25 bits per heavy atom. The second-order valence-electron chi connectivity index (χ2n) is 4.93. The van der Waals surface area contributed by atoms with Gasteiger partial charge in [-0.2, -0.15) is 16.4 Å². The van der Waals surface area contributed by atoms with Crippen molar-refractivity contribution in [2.75, 3.05) is 6.54 Å². The van der Waals surface area contributed by atoms with Gasteiger partial charge in [-0.15, -0.1) is 0 Å². The summed E-state index contributed by atoms with van der Waals surface area (Å²) in [6.07, 6.45) is 2.00. The summed E-state index contributed by atoms with van der Waals surface area (Å²) in [5.74, 6) is 0. The lowest BCUT2D eigenvalue weighted by Crippen LogP contribution is -2.24. The highest BCUT2D eigenvalue weighted by molar-refractivity contribution is 7.07. The Kier molecular flexibility index (Phi) is 5.64. The molecule has 1 unspecified atom stereocenters. The quantitative estimate of drug-likeness (QED) is 0.830. The van der Waals surface area contributed by atoms with Crippen molar-refractivity contribution >= 4 is 22.9 Å². The molecule has 2 rings (SSSR count). The number of aromatic nitrogens is 2. The summed E-state index contributed by atoms with van der Waals surface area (Å²) in [6, 6.07) is 2.49. The van der Waals surface area contributed by atoms with Crippen molar-refractivity contribution in [2.45, 2.75) is 46.2 Å². The second-order valence-corrected chi connectivity index (χ2v) is 6.09. The number of rotatable bonds is 7. The molecule has 0 bridgehead atoms. The van der Waals surface area contributed by atoms with Crippen LogP contribution in [0.15, 0.2) is 16.8 Å². The van der Waals surface area contributed by atoms with Crippen molar-refractivity contribution in [3.63, 3.8) is 0 Å². The van der Waals surface area contributed by atoms with Crippen molar-refractivity contribution in [1.29, 1.82) is 0 Å². The molecule has 20 heavy (non-hydrogen) atoms. The lowest BCUT2D eigenvalue weighted by Gasteiger charge is -2.18. The molecule has 2 heterocycles. The fourth-order valence-corrected chi connectivity index (χ4v) is 3.28. The van der Waals surface area contributed by atoms with Gasteiger partial charge >= 0.3 is 0 Å². The maximum Gasteiger partial charge on any atom is 0.0847 e. The average Bonchev–Trinajstić information content (AvgIpc) is 3.06. The van der Waals surface area contributed by atoms with E-state index >= 15 is 0 Å². The van der Waals surface area contributed by atoms with Gasteiger partial charge in [-0.25, -0.2) is 0 Å². The summed E-state index contributed by atoms with van der Waals surface area (Å²) >= 11 is 8.16. The van der Waals surface area contributed by atoms with Crippen LogP contribution in [-0.2, 0) is 13.0 Å². The Hall–Kier alpha value is -0.840. The molecule has 0 saturated heterocycles. The van der Waals surface area contributed by atoms with Crippen LogP contribution in [0.1, 0.15) is 43.3 Å². The van der Waals surface area contributed by atoms with Crippen molar-refractivity contribution < 1.29 is 0 Å². The fraction of sp³-hybridized carbons (Fsp3) is 0.533. The van der Waals surface area contributed by atoms with E-state index in [1.165, 1.54) is 5.56 Å². The highest BCUT2D eigenvalue weighted by Gasteiger charge is 2.19. The lowest BCUT2D eigenvalue weighted by atomic mass is 10.0. The predicted octanol–water partition coefficient (Wildman–Crippen LogP) is 4.21. The molecule has 0 fully saturated rings. The summed E-state index contributed by atoms with van der Waals surface area (Å²) in [6.45, 7) is 8.12. The third-order valence-corrected chi connectivity index (χ3v) is 4.63. The number of nitrogens with one attached hydrogen (secondary N) is 1. The molecule has 0 amide bonds. The van der Waals surface area contributed by atoms with Gasteiger partial charge in [0.15, 0.2) is 0 Å². The Morgan fingerprint density at radius 3 is 2.85 bits per heavy atom. The van der Waals surface area contributed by atoms with E-state index < -0.39 is 0 Å². The van der Waals surface area contributed by atoms with E-state index in [4.69, 9.17) is 11.6 Å². The fourth-order valence-electron chi connectivity index (χ4n) is 2.36. The van der Waals surface area contributed by atoms with Gasteiger partial charge in [0, 0.05) is 19.0 Å². The first-order valence-electron chi connectivity index (χ1n) is 7.14. The molecule has 3 nitrogen and oxygen atoms in total. The van der Waals surface area contributed by atoms with Gasteiger partial charge in [0.2, 0.25) is 0 Å². The van der Waals surface area contributed by atoms with E-state index in [0.717, 1.165) is 42.3 Å². The van der Waals surface area contributed by atoms with Crippen molar-refractivity contribution in [3.8, 4) is 0 Å². The first-order chi connectivity index (χ1) is 9.67. The zero-order valence-corrected chi connectivity index (χ0v) is 13.9. The molecule has 0 spiro atoms. The maximum atomic E-state index is 6.42. The van der Waals surface area contributed by atoms with Crippen LogP contribution in [0.5, 0.6) is 0 Å². The van der Waals surface area contributed by atoms with Crippen LogP contribution in [0.2, 0.25) is 5.02 Å². The first kappa shape index (κ1) is 15.5. The van der Waals surface area contributed by atoms with E-state index in [9.17, 15) is 0 Å². The Morgan fingerprint density at radius 1 is 1.45 bits per heavy atom. The Labute approximate surface area is 130 Å². The number of hydrogen-bond donors (Lipinski definition) is 1. The van der Waals surface area contributed by atoms with Crippen molar-refractivity contribution in [2.24, 2.45) is 0 Å². The van der Waals surface area contributed by atoms with Gasteiger partial charge in [0.25, 0.3) is 0 Å². The molecule has 5 heteroatoms. The molecule has 1 N–H and O–H groups in total. The molecule has 0 aromatic carbocycles. The highest BCUT2D eigenvalue weighted by Crippen LogP contribution is 2.27. The van der Waals surface area contributed by atoms with Crippen LogP contribution < -0.4 is 5.32 Å². The molecule has 110 valence electrons. The molecular formula is C15H22ClN3S. The van der Waals surface area contributed by atoms with Gasteiger partial charge in [-0.3, -0.25) is 4.68 Å². The topological polar surface area (TPSA) is 29.9 Å². The third-order valence-electron chi connectivity index (χ3n) is 3.44. The lowest BCUT2D eigenvalue weighted by molar-refractivity contribution is 0.503. The molecule has 0 aliphatic rings. The summed E-state index contributed by atoms with van der Waals surface area (Å²) in [5.41, 5.74) is 3.38. The van der Waals surface area contributed by atoms with E-state index in [-0.39, 0.29) is 0 Å². The maximum absolute atomic E-state index is 6.42. The summed E-state index contributed by atoms with van der Waals surface area (Å²) < 4.78 is 2.02. The second kappa shape index (κ2) is 7.25. The average molecular weight is 312 g/mol. The van der Waals surface area contributed by atoms with E-state index in [0.29, 0.717) is 6.04 Å². The predicted molar refractivity (Wildman–Crippen MR) is 86.7 cm³/mol. The molecule has 1 atom stereocenters. The number of nitrogens with zero attached hydrogens (tertiary/aromatic N) is 2. The van der Waals surface area contributed by atoms with Crippen LogP contribution in [-0.4, -0.2) is 16.3 Å². The van der Waals surface area contributed by atoms with Crippen LogP contribution in [0.3, 0.4) is 0 Å². The number of hydrogen-bond acceptors (Lipinski definition) is 3. The molecule has 0 radical (unpaired) electrons. The Bertz CT molecular complexity index is 534. The molecule has 2 aromatic heterocycles. The standard InChI is InChI=1S/C15H22ClN3S/c1-4-7-17-13(12-6-8-20-10-12)9-14-15(16)11(3)18-19(14)5-2/h6,8,10,13,17H,4-5,7,9H2,1-3H3. The van der Waals surface area contributed by atoms with Crippen LogP contribution in [0, 0.1) is 6.92 Å². The van der Waals surface area contributed by atoms with Gasteiger partial charge in [0.1, 0.15) is 0 Å². The van der Waals surface area contributed by atoms with Crippen LogP contribution >= 0.6 is 22.9 Å². The number of aryl methyl sites for hydroxylation is 2. The number of thiophene rings is 1. The minimum atomic E-state index is 0.306. The van der Waals surface area contributed by atoms with Crippen molar-refractivity contribution in [3.05, 3.63) is 38.8 Å². The zero-order valence-electron chi connectivity index (χ0n) is 12.3. The molecule has 0 aliphatic carbocycles. The summed E-state index contributed by atoms with van der Waals surface area (Å²) in [7, 11) is 0. The van der Waals surface area contributed by atoms with E-state index in [1.807, 2.05) is 11.6 Å². The summed E-state index contributed by atoms with van der Waals surface area (Å²) in [4.78, 5) is 0. The SMILES string of the molecule is CCCNC(Cc1c(Cl)c(C)nn1CC)c1ccsc1. The zero-order chi connectivity index (χ0) is 14.5. The highest BCUT2D eigenvalue weighted by atomic mass is 35.5. The van der Waals surface area contributed by atoms with Crippen molar-refractivity contribution in [1.82, 2.24) is 15.1 Å². The normalized spacial score (nSPS) is 12.8. The first-order valence-corrected chi connectivity index (χ1v) is 8.46. The third kappa shape index (κ3) is 3.43. The minimum absolute atomic E-state index is 0.306. The molecule has 2 aromatic rings. The Balaban J connectivity index is 2.23. The number of halogens is 1. The van der Waals surface area contributed by atoms with E-state index in [2.05, 4.69) is 41.1 Å². The van der Waals surface area contributed by atoms with Gasteiger partial charge in [-0.05, 0) is 49.2 Å².